The molecule has 0 aliphatic heterocycles. The van der Waals surface area contributed by atoms with Crippen LogP contribution in [0.25, 0.3) is 0 Å². The summed E-state index contributed by atoms with van der Waals surface area (Å²) in [5.41, 5.74) is 6.64. The average molecular weight is 294 g/mol. The van der Waals surface area contributed by atoms with Crippen LogP contribution in [0, 0.1) is 5.41 Å². The first-order valence-corrected chi connectivity index (χ1v) is 8.19. The van der Waals surface area contributed by atoms with Crippen LogP contribution in [0.5, 0.6) is 0 Å². The molecule has 0 heterocycles. The van der Waals surface area contributed by atoms with E-state index in [0.29, 0.717) is 13.0 Å². The van der Waals surface area contributed by atoms with Crippen molar-refractivity contribution < 1.29 is 4.79 Å². The minimum absolute atomic E-state index is 0.0826. The Hall–Kier alpha value is -1.00. The van der Waals surface area contributed by atoms with Crippen LogP contribution in [0.3, 0.4) is 0 Å². The number of rotatable bonds is 8. The Labute approximate surface area is 126 Å². The summed E-state index contributed by atoms with van der Waals surface area (Å²) >= 11 is 1.74. The Morgan fingerprint density at radius 3 is 2.65 bits per heavy atom. The quantitative estimate of drug-likeness (QED) is 0.715. The highest BCUT2D eigenvalue weighted by atomic mass is 32.2. The molecule has 20 heavy (non-hydrogen) atoms. The van der Waals surface area contributed by atoms with E-state index in [9.17, 15) is 4.79 Å². The molecule has 1 rings (SSSR count). The highest BCUT2D eigenvalue weighted by Gasteiger charge is 2.18. The first-order valence-electron chi connectivity index (χ1n) is 7.20. The van der Waals surface area contributed by atoms with Gasteiger partial charge in [0.15, 0.2) is 0 Å². The highest BCUT2D eigenvalue weighted by molar-refractivity contribution is 7.99. The second kappa shape index (κ2) is 8.32. The van der Waals surface area contributed by atoms with E-state index < -0.39 is 0 Å². The third-order valence-corrected chi connectivity index (χ3v) is 4.27. The number of nitrogens with one attached hydrogen (secondary N) is 1. The lowest BCUT2D eigenvalue weighted by Crippen LogP contribution is -2.20. The lowest BCUT2D eigenvalue weighted by Gasteiger charge is -2.23. The molecule has 0 aromatic heterocycles. The number of hydrogen-bond donors (Lipinski definition) is 2. The number of para-hydroxylation sites is 1. The molecule has 0 bridgehead atoms. The van der Waals surface area contributed by atoms with Crippen molar-refractivity contribution in [2.45, 2.75) is 44.9 Å². The Bertz CT molecular complexity index is 432. The summed E-state index contributed by atoms with van der Waals surface area (Å²) in [5, 5.41) is 3.02. The molecule has 0 saturated carbocycles. The lowest BCUT2D eigenvalue weighted by molar-refractivity contribution is -0.116. The number of benzene rings is 1. The molecule has 1 aromatic carbocycles. The van der Waals surface area contributed by atoms with Crippen LogP contribution in [0.1, 0.15) is 40.0 Å². The zero-order chi connectivity index (χ0) is 15.0. The highest BCUT2D eigenvalue weighted by Crippen LogP contribution is 2.28. The molecular formula is C16H26N2OS. The lowest BCUT2D eigenvalue weighted by atomic mass is 9.84. The van der Waals surface area contributed by atoms with E-state index in [1.165, 1.54) is 0 Å². The number of thioether (sulfide) groups is 1. The van der Waals surface area contributed by atoms with Crippen LogP contribution >= 0.6 is 11.8 Å². The third-order valence-electron chi connectivity index (χ3n) is 3.31. The zero-order valence-corrected chi connectivity index (χ0v) is 13.6. The summed E-state index contributed by atoms with van der Waals surface area (Å²) in [5.74, 6) is 1.08. The van der Waals surface area contributed by atoms with E-state index in [2.05, 4.69) is 26.1 Å². The predicted molar refractivity (Wildman–Crippen MR) is 88.2 cm³/mol. The summed E-state index contributed by atoms with van der Waals surface area (Å²) in [4.78, 5) is 13.2. The van der Waals surface area contributed by atoms with Crippen LogP contribution in [0.4, 0.5) is 5.69 Å². The molecule has 0 fully saturated rings. The summed E-state index contributed by atoms with van der Waals surface area (Å²) in [6, 6.07) is 7.95. The number of anilines is 1. The maximum atomic E-state index is 12.1. The van der Waals surface area contributed by atoms with Crippen molar-refractivity contribution in [3.05, 3.63) is 24.3 Å². The van der Waals surface area contributed by atoms with Crippen molar-refractivity contribution >= 4 is 23.4 Å². The van der Waals surface area contributed by atoms with Crippen LogP contribution in [-0.2, 0) is 4.79 Å². The maximum Gasteiger partial charge on any atom is 0.224 e. The molecule has 1 amide bonds. The molecule has 4 heteroatoms. The molecule has 3 N–H and O–H groups in total. The summed E-state index contributed by atoms with van der Waals surface area (Å²) in [6.07, 6.45) is 2.35. The van der Waals surface area contributed by atoms with Gasteiger partial charge in [-0.15, -0.1) is 11.8 Å². The topological polar surface area (TPSA) is 55.1 Å². The number of carbonyl (C=O) groups is 1. The number of carbonyl (C=O) groups excluding carboxylic acids is 1. The van der Waals surface area contributed by atoms with E-state index in [0.717, 1.165) is 29.2 Å². The molecule has 112 valence electrons. The van der Waals surface area contributed by atoms with E-state index in [4.69, 9.17) is 5.73 Å². The predicted octanol–water partition coefficient (Wildman–Crippen LogP) is 3.89. The van der Waals surface area contributed by atoms with E-state index in [1.54, 1.807) is 11.8 Å². The number of hydrogen-bond acceptors (Lipinski definition) is 3. The van der Waals surface area contributed by atoms with Crippen molar-refractivity contribution in [1.29, 1.82) is 0 Å². The van der Waals surface area contributed by atoms with Gasteiger partial charge in [0.1, 0.15) is 0 Å². The Morgan fingerprint density at radius 2 is 2.00 bits per heavy atom. The molecule has 3 nitrogen and oxygen atoms in total. The van der Waals surface area contributed by atoms with E-state index in [-0.39, 0.29) is 11.3 Å². The molecule has 0 spiro atoms. The smallest absolute Gasteiger partial charge is 0.224 e. The van der Waals surface area contributed by atoms with Crippen molar-refractivity contribution in [2.75, 3.05) is 17.6 Å². The average Bonchev–Trinajstić information content (AvgIpc) is 2.39. The van der Waals surface area contributed by atoms with Gasteiger partial charge >= 0.3 is 0 Å². The minimum Gasteiger partial charge on any atom is -0.330 e. The standard InChI is InChI=1S/C16H26N2OS/c1-4-20-14-8-6-5-7-13(14)18-15(19)9-10-16(2,3)11-12-17/h5-8H,4,9-12,17H2,1-3H3,(H,18,19). The van der Waals surface area contributed by atoms with E-state index in [1.807, 2.05) is 24.3 Å². The van der Waals surface area contributed by atoms with E-state index >= 15 is 0 Å². The van der Waals surface area contributed by atoms with Gasteiger partial charge in [0.2, 0.25) is 5.91 Å². The second-order valence-corrected chi connectivity index (χ2v) is 6.99. The maximum absolute atomic E-state index is 12.1. The van der Waals surface area contributed by atoms with Gasteiger partial charge in [-0.05, 0) is 42.7 Å². The van der Waals surface area contributed by atoms with Gasteiger partial charge in [0.05, 0.1) is 5.69 Å². The second-order valence-electron chi connectivity index (χ2n) is 5.68. The van der Waals surface area contributed by atoms with Gasteiger partial charge in [-0.2, -0.15) is 0 Å². The van der Waals surface area contributed by atoms with Gasteiger partial charge in [-0.3, -0.25) is 4.79 Å². The molecular weight excluding hydrogens is 268 g/mol. The fourth-order valence-corrected chi connectivity index (χ4v) is 2.79. The fourth-order valence-electron chi connectivity index (χ4n) is 2.03. The Balaban J connectivity index is 2.54. The van der Waals surface area contributed by atoms with Crippen LogP contribution in [0.15, 0.2) is 29.2 Å². The van der Waals surface area contributed by atoms with Gasteiger partial charge in [0, 0.05) is 11.3 Å². The van der Waals surface area contributed by atoms with Crippen molar-refractivity contribution in [2.24, 2.45) is 11.1 Å². The number of nitrogens with two attached hydrogens (primary N) is 1. The zero-order valence-electron chi connectivity index (χ0n) is 12.7. The van der Waals surface area contributed by atoms with Gasteiger partial charge in [-0.1, -0.05) is 32.9 Å². The van der Waals surface area contributed by atoms with Crippen molar-refractivity contribution in [3.8, 4) is 0 Å². The fraction of sp³-hybridized carbons (Fsp3) is 0.562. The van der Waals surface area contributed by atoms with Gasteiger partial charge in [-0.25, -0.2) is 0 Å². The first kappa shape index (κ1) is 17.1. The Kier molecular flexibility index (Phi) is 7.10. The summed E-state index contributed by atoms with van der Waals surface area (Å²) < 4.78 is 0. The van der Waals surface area contributed by atoms with Gasteiger partial charge in [0.25, 0.3) is 0 Å². The van der Waals surface area contributed by atoms with Crippen LogP contribution in [0.2, 0.25) is 0 Å². The molecule has 0 aliphatic carbocycles. The molecule has 0 aliphatic rings. The largest absolute Gasteiger partial charge is 0.330 e. The number of amides is 1. The molecule has 0 radical (unpaired) electrons. The molecule has 0 saturated heterocycles. The van der Waals surface area contributed by atoms with Crippen molar-refractivity contribution in [1.82, 2.24) is 0 Å². The first-order chi connectivity index (χ1) is 9.48. The molecule has 0 atom stereocenters. The molecule has 0 unspecified atom stereocenters. The summed E-state index contributed by atoms with van der Waals surface area (Å²) in [6.45, 7) is 7.10. The summed E-state index contributed by atoms with van der Waals surface area (Å²) in [7, 11) is 0. The molecule has 1 aromatic rings. The minimum atomic E-state index is 0.0826. The third kappa shape index (κ3) is 5.97. The van der Waals surface area contributed by atoms with Crippen LogP contribution in [-0.4, -0.2) is 18.2 Å². The van der Waals surface area contributed by atoms with Crippen molar-refractivity contribution in [3.63, 3.8) is 0 Å². The Morgan fingerprint density at radius 1 is 1.30 bits per heavy atom. The monoisotopic (exact) mass is 294 g/mol. The van der Waals surface area contributed by atoms with Crippen LogP contribution < -0.4 is 11.1 Å². The van der Waals surface area contributed by atoms with Gasteiger partial charge < -0.3 is 11.1 Å². The normalized spacial score (nSPS) is 11.4. The SMILES string of the molecule is CCSc1ccccc1NC(=O)CCC(C)(C)CCN.